The lowest BCUT2D eigenvalue weighted by Crippen LogP contribution is -2.60. The molecule has 6 nitrogen and oxygen atoms in total. The molecule has 0 bridgehead atoms. The molecule has 0 aromatic carbocycles. The standard InChI is InChI=1S/C21H36N2O4/c1-14(2)15-6-8-18(9-7-15)27-13-20-19(22-26-3)5-4-10-23(20)21(25)16-11-17(24)12-16/h14-16,18-20,22H,4-13H2,1-3H3. The van der Waals surface area contributed by atoms with Gasteiger partial charge >= 0.3 is 0 Å². The Hall–Kier alpha value is -0.980. The Morgan fingerprint density at radius 1 is 1.19 bits per heavy atom. The van der Waals surface area contributed by atoms with Gasteiger partial charge in [-0.3, -0.25) is 9.59 Å². The van der Waals surface area contributed by atoms with E-state index in [0.717, 1.165) is 44.1 Å². The molecule has 2 atom stereocenters. The lowest BCUT2D eigenvalue weighted by Gasteiger charge is -2.44. The summed E-state index contributed by atoms with van der Waals surface area (Å²) in [6.07, 6.45) is 7.73. The Morgan fingerprint density at radius 3 is 2.48 bits per heavy atom. The van der Waals surface area contributed by atoms with E-state index in [4.69, 9.17) is 9.57 Å². The zero-order valence-electron chi connectivity index (χ0n) is 17.1. The predicted molar refractivity (Wildman–Crippen MR) is 103 cm³/mol. The molecule has 0 aromatic heterocycles. The van der Waals surface area contributed by atoms with Gasteiger partial charge in [-0.2, -0.15) is 5.48 Å². The molecule has 1 amide bonds. The first-order valence-corrected chi connectivity index (χ1v) is 10.7. The van der Waals surface area contributed by atoms with Crippen molar-refractivity contribution in [3.05, 3.63) is 0 Å². The fourth-order valence-corrected chi connectivity index (χ4v) is 4.88. The van der Waals surface area contributed by atoms with Crippen LogP contribution in [0.1, 0.15) is 65.2 Å². The number of hydroxylamine groups is 1. The highest BCUT2D eigenvalue weighted by Crippen LogP contribution is 2.32. The van der Waals surface area contributed by atoms with Crippen LogP contribution in [0, 0.1) is 17.8 Å². The number of likely N-dealkylation sites (tertiary alicyclic amines) is 1. The molecule has 3 fully saturated rings. The minimum atomic E-state index is -0.122. The molecule has 0 spiro atoms. The zero-order valence-corrected chi connectivity index (χ0v) is 17.1. The average Bonchev–Trinajstić information content (AvgIpc) is 2.64. The first kappa shape index (κ1) is 20.7. The van der Waals surface area contributed by atoms with Gasteiger partial charge in [0.1, 0.15) is 5.78 Å². The van der Waals surface area contributed by atoms with Gasteiger partial charge in [0.25, 0.3) is 0 Å². The predicted octanol–water partition coefficient (Wildman–Crippen LogP) is 2.71. The van der Waals surface area contributed by atoms with E-state index in [0.29, 0.717) is 25.6 Å². The number of carbonyl (C=O) groups is 2. The molecular weight excluding hydrogens is 344 g/mol. The van der Waals surface area contributed by atoms with E-state index in [-0.39, 0.29) is 29.7 Å². The van der Waals surface area contributed by atoms with Crippen LogP contribution in [0.25, 0.3) is 0 Å². The van der Waals surface area contributed by atoms with Crippen molar-refractivity contribution in [1.29, 1.82) is 0 Å². The second-order valence-electron chi connectivity index (χ2n) is 8.93. The molecule has 27 heavy (non-hydrogen) atoms. The number of nitrogens with zero attached hydrogens (tertiary/aromatic N) is 1. The third kappa shape index (κ3) is 5.09. The molecule has 1 heterocycles. The number of piperidine rings is 1. The summed E-state index contributed by atoms with van der Waals surface area (Å²) in [5.74, 6) is 1.76. The van der Waals surface area contributed by atoms with E-state index in [1.165, 1.54) is 12.8 Å². The molecule has 1 N–H and O–H groups in total. The van der Waals surface area contributed by atoms with Crippen molar-refractivity contribution in [1.82, 2.24) is 10.4 Å². The quantitative estimate of drug-likeness (QED) is 0.688. The summed E-state index contributed by atoms with van der Waals surface area (Å²) in [4.78, 5) is 31.4. The fraction of sp³-hybridized carbons (Fsp3) is 0.905. The van der Waals surface area contributed by atoms with Crippen LogP contribution in [0.4, 0.5) is 0 Å². The van der Waals surface area contributed by atoms with Crippen LogP contribution in [0.2, 0.25) is 0 Å². The smallest absolute Gasteiger partial charge is 0.226 e. The topological polar surface area (TPSA) is 67.9 Å². The molecule has 2 aliphatic carbocycles. The van der Waals surface area contributed by atoms with Crippen molar-refractivity contribution in [2.24, 2.45) is 17.8 Å². The van der Waals surface area contributed by atoms with Gasteiger partial charge in [-0.25, -0.2) is 0 Å². The number of carbonyl (C=O) groups excluding carboxylic acids is 2. The van der Waals surface area contributed by atoms with Crippen LogP contribution < -0.4 is 5.48 Å². The van der Waals surface area contributed by atoms with Crippen LogP contribution in [0.15, 0.2) is 0 Å². The Bertz CT molecular complexity index is 506. The van der Waals surface area contributed by atoms with E-state index < -0.39 is 0 Å². The van der Waals surface area contributed by atoms with Gasteiger partial charge in [0.2, 0.25) is 5.91 Å². The number of ether oxygens (including phenoxy) is 1. The van der Waals surface area contributed by atoms with E-state index in [2.05, 4.69) is 19.3 Å². The lowest BCUT2D eigenvalue weighted by molar-refractivity contribution is -0.152. The van der Waals surface area contributed by atoms with Gasteiger partial charge in [0, 0.05) is 19.4 Å². The molecule has 0 aromatic rings. The fourth-order valence-electron chi connectivity index (χ4n) is 4.88. The zero-order chi connectivity index (χ0) is 19.4. The van der Waals surface area contributed by atoms with Crippen molar-refractivity contribution in [3.8, 4) is 0 Å². The van der Waals surface area contributed by atoms with Crippen LogP contribution in [0.5, 0.6) is 0 Å². The summed E-state index contributed by atoms with van der Waals surface area (Å²) < 4.78 is 6.30. The molecular formula is C21H36N2O4. The van der Waals surface area contributed by atoms with Gasteiger partial charge in [0.05, 0.1) is 37.8 Å². The Morgan fingerprint density at radius 2 is 1.89 bits per heavy atom. The van der Waals surface area contributed by atoms with Crippen molar-refractivity contribution < 1.29 is 19.2 Å². The van der Waals surface area contributed by atoms with Crippen LogP contribution in [0.3, 0.4) is 0 Å². The molecule has 3 rings (SSSR count). The molecule has 0 radical (unpaired) electrons. The number of Topliss-reactive ketones (excluding diaryl/α,β-unsaturated/α-hetero) is 1. The summed E-state index contributed by atoms with van der Waals surface area (Å²) in [5, 5.41) is 0. The average molecular weight is 381 g/mol. The molecule has 2 saturated carbocycles. The molecule has 1 saturated heterocycles. The minimum Gasteiger partial charge on any atom is -0.376 e. The lowest BCUT2D eigenvalue weighted by atomic mass is 9.80. The summed E-state index contributed by atoms with van der Waals surface area (Å²) in [7, 11) is 1.62. The van der Waals surface area contributed by atoms with Crippen LogP contribution in [-0.4, -0.2) is 55.0 Å². The number of amides is 1. The summed E-state index contributed by atoms with van der Waals surface area (Å²) in [6, 6.07) is 0.0557. The number of hydrogen-bond donors (Lipinski definition) is 1. The minimum absolute atomic E-state index is 0.0234. The molecule has 2 unspecified atom stereocenters. The number of hydrogen-bond acceptors (Lipinski definition) is 5. The van der Waals surface area contributed by atoms with Gasteiger partial charge < -0.3 is 14.5 Å². The summed E-state index contributed by atoms with van der Waals surface area (Å²) in [6.45, 7) is 5.91. The van der Waals surface area contributed by atoms with Crippen molar-refractivity contribution in [3.63, 3.8) is 0 Å². The monoisotopic (exact) mass is 380 g/mol. The van der Waals surface area contributed by atoms with Crippen LogP contribution in [-0.2, 0) is 19.2 Å². The number of rotatable bonds is 7. The van der Waals surface area contributed by atoms with Crippen molar-refractivity contribution in [2.45, 2.75) is 83.4 Å². The highest BCUT2D eigenvalue weighted by Gasteiger charge is 2.41. The highest BCUT2D eigenvalue weighted by molar-refractivity contribution is 5.96. The van der Waals surface area contributed by atoms with Gasteiger partial charge in [-0.15, -0.1) is 0 Å². The Balaban J connectivity index is 1.57. The third-order valence-corrected chi connectivity index (χ3v) is 6.79. The van der Waals surface area contributed by atoms with Gasteiger partial charge in [-0.05, 0) is 50.4 Å². The number of nitrogens with one attached hydrogen (secondary N) is 1. The Kier molecular flexibility index (Phi) is 7.29. The first-order valence-electron chi connectivity index (χ1n) is 10.7. The maximum Gasteiger partial charge on any atom is 0.226 e. The second-order valence-corrected chi connectivity index (χ2v) is 8.93. The largest absolute Gasteiger partial charge is 0.376 e. The third-order valence-electron chi connectivity index (χ3n) is 6.79. The molecule has 6 heteroatoms. The molecule has 154 valence electrons. The SMILES string of the molecule is CONC1CCCN(C(=O)C2CC(=O)C2)C1COC1CCC(C(C)C)CC1. The van der Waals surface area contributed by atoms with E-state index in [1.807, 2.05) is 4.90 Å². The van der Waals surface area contributed by atoms with Gasteiger partial charge in [0.15, 0.2) is 0 Å². The maximum atomic E-state index is 12.9. The maximum absolute atomic E-state index is 12.9. The van der Waals surface area contributed by atoms with Crippen LogP contribution >= 0.6 is 0 Å². The molecule has 1 aliphatic heterocycles. The highest BCUT2D eigenvalue weighted by atomic mass is 16.6. The van der Waals surface area contributed by atoms with Crippen molar-refractivity contribution in [2.75, 3.05) is 20.3 Å². The van der Waals surface area contributed by atoms with E-state index >= 15 is 0 Å². The Labute approximate surface area is 163 Å². The number of ketones is 1. The van der Waals surface area contributed by atoms with Gasteiger partial charge in [-0.1, -0.05) is 13.8 Å². The van der Waals surface area contributed by atoms with Crippen molar-refractivity contribution >= 4 is 11.7 Å². The molecule has 3 aliphatic rings. The summed E-state index contributed by atoms with van der Waals surface area (Å²) in [5.41, 5.74) is 3.07. The first-order chi connectivity index (χ1) is 13.0. The summed E-state index contributed by atoms with van der Waals surface area (Å²) >= 11 is 0. The normalized spacial score (nSPS) is 32.6. The van der Waals surface area contributed by atoms with E-state index in [1.54, 1.807) is 7.11 Å². The van der Waals surface area contributed by atoms with E-state index in [9.17, 15) is 9.59 Å². The second kappa shape index (κ2) is 9.48.